The van der Waals surface area contributed by atoms with E-state index in [4.69, 9.17) is 0 Å². The first-order valence-corrected chi connectivity index (χ1v) is 9.19. The molecular formula is C19H25N5O. The van der Waals surface area contributed by atoms with Gasteiger partial charge in [0.2, 0.25) is 5.91 Å². The molecule has 2 aliphatic rings. The molecule has 1 saturated heterocycles. The molecule has 25 heavy (non-hydrogen) atoms. The van der Waals surface area contributed by atoms with E-state index in [0.29, 0.717) is 18.6 Å². The van der Waals surface area contributed by atoms with Crippen molar-refractivity contribution in [1.82, 2.24) is 24.6 Å². The van der Waals surface area contributed by atoms with Gasteiger partial charge in [0.1, 0.15) is 12.7 Å². The van der Waals surface area contributed by atoms with Crippen LogP contribution in [0.15, 0.2) is 43.0 Å². The van der Waals surface area contributed by atoms with Crippen LogP contribution in [0.2, 0.25) is 0 Å². The van der Waals surface area contributed by atoms with Crippen LogP contribution in [-0.2, 0) is 17.9 Å². The van der Waals surface area contributed by atoms with Gasteiger partial charge >= 0.3 is 0 Å². The Labute approximate surface area is 148 Å². The number of carbonyl (C=O) groups is 1. The van der Waals surface area contributed by atoms with Crippen molar-refractivity contribution < 1.29 is 4.79 Å². The van der Waals surface area contributed by atoms with Crippen molar-refractivity contribution in [2.45, 2.75) is 50.9 Å². The van der Waals surface area contributed by atoms with E-state index in [-0.39, 0.29) is 5.91 Å². The lowest BCUT2D eigenvalue weighted by atomic mass is 10.2. The molecule has 0 spiro atoms. The minimum absolute atomic E-state index is 0.261. The highest BCUT2D eigenvalue weighted by atomic mass is 16.2. The predicted molar refractivity (Wildman–Crippen MR) is 94.6 cm³/mol. The van der Waals surface area contributed by atoms with Crippen LogP contribution in [0, 0.1) is 0 Å². The monoisotopic (exact) mass is 339 g/mol. The number of amides is 1. The number of nitrogens with zero attached hydrogens (tertiary/aromatic N) is 5. The maximum absolute atomic E-state index is 13.0. The molecule has 1 aliphatic heterocycles. The zero-order valence-corrected chi connectivity index (χ0v) is 14.5. The van der Waals surface area contributed by atoms with Crippen LogP contribution >= 0.6 is 0 Å². The SMILES string of the molecule is O=C(CN1CCC[C@@H]1Cn1cncn1)N(Cc1ccccc1)C1CC1. The molecular weight excluding hydrogens is 314 g/mol. The Balaban J connectivity index is 1.38. The summed E-state index contributed by atoms with van der Waals surface area (Å²) in [5, 5.41) is 4.21. The largest absolute Gasteiger partial charge is 0.334 e. The molecule has 2 heterocycles. The molecule has 1 saturated carbocycles. The molecule has 2 fully saturated rings. The predicted octanol–water partition coefficient (Wildman–Crippen LogP) is 1.93. The van der Waals surface area contributed by atoms with Gasteiger partial charge in [-0.2, -0.15) is 5.10 Å². The number of carbonyl (C=O) groups excluding carboxylic acids is 1. The van der Waals surface area contributed by atoms with E-state index in [1.165, 1.54) is 5.56 Å². The maximum Gasteiger partial charge on any atom is 0.237 e. The second kappa shape index (κ2) is 7.35. The van der Waals surface area contributed by atoms with Crippen molar-refractivity contribution in [3.8, 4) is 0 Å². The third kappa shape index (κ3) is 4.07. The Morgan fingerprint density at radius 2 is 2.04 bits per heavy atom. The number of rotatable bonds is 7. The standard InChI is InChI=1S/C19H25N5O/c25-19(24(17-8-9-17)11-16-5-2-1-3-6-16)13-22-10-4-7-18(22)12-23-15-20-14-21-23/h1-3,5-6,14-15,17-18H,4,7-13H2/t18-/m1/s1. The normalized spacial score (nSPS) is 20.7. The summed E-state index contributed by atoms with van der Waals surface area (Å²) in [6, 6.07) is 11.1. The lowest BCUT2D eigenvalue weighted by Gasteiger charge is -2.28. The third-order valence-electron chi connectivity index (χ3n) is 5.21. The zero-order valence-electron chi connectivity index (χ0n) is 14.5. The second-order valence-electron chi connectivity index (χ2n) is 7.12. The van der Waals surface area contributed by atoms with Gasteiger partial charge in [-0.15, -0.1) is 0 Å². The fraction of sp³-hybridized carbons (Fsp3) is 0.526. The molecule has 0 N–H and O–H groups in total. The minimum atomic E-state index is 0.261. The fourth-order valence-corrected chi connectivity index (χ4v) is 3.70. The van der Waals surface area contributed by atoms with Crippen LogP contribution in [0.1, 0.15) is 31.2 Å². The number of likely N-dealkylation sites (tertiary alicyclic amines) is 1. The van der Waals surface area contributed by atoms with Crippen LogP contribution in [0.4, 0.5) is 0 Å². The van der Waals surface area contributed by atoms with Crippen molar-refractivity contribution in [1.29, 1.82) is 0 Å². The number of hydrogen-bond donors (Lipinski definition) is 0. The van der Waals surface area contributed by atoms with E-state index in [0.717, 1.165) is 45.3 Å². The van der Waals surface area contributed by atoms with E-state index in [1.807, 2.05) is 22.9 Å². The molecule has 0 bridgehead atoms. The molecule has 0 unspecified atom stereocenters. The molecule has 1 aromatic carbocycles. The summed E-state index contributed by atoms with van der Waals surface area (Å²) in [6.45, 7) is 3.05. The Kier molecular flexibility index (Phi) is 4.78. The van der Waals surface area contributed by atoms with Gasteiger partial charge in [-0.25, -0.2) is 4.98 Å². The highest BCUT2D eigenvalue weighted by Gasteiger charge is 2.35. The molecule has 132 valence electrons. The lowest BCUT2D eigenvalue weighted by molar-refractivity contribution is -0.134. The summed E-state index contributed by atoms with van der Waals surface area (Å²) in [7, 11) is 0. The van der Waals surface area contributed by atoms with Crippen LogP contribution in [0.5, 0.6) is 0 Å². The highest BCUT2D eigenvalue weighted by Crippen LogP contribution is 2.29. The molecule has 1 atom stereocenters. The molecule has 1 aliphatic carbocycles. The van der Waals surface area contributed by atoms with Crippen molar-refractivity contribution in [3.63, 3.8) is 0 Å². The molecule has 1 amide bonds. The third-order valence-corrected chi connectivity index (χ3v) is 5.21. The first kappa shape index (κ1) is 16.3. The quantitative estimate of drug-likeness (QED) is 0.773. The maximum atomic E-state index is 13.0. The summed E-state index contributed by atoms with van der Waals surface area (Å²) in [4.78, 5) is 21.4. The first-order chi connectivity index (χ1) is 12.3. The number of benzene rings is 1. The van der Waals surface area contributed by atoms with Gasteiger partial charge in [0, 0.05) is 18.6 Å². The zero-order chi connectivity index (χ0) is 17.1. The van der Waals surface area contributed by atoms with Gasteiger partial charge in [0.25, 0.3) is 0 Å². The average molecular weight is 339 g/mol. The molecule has 6 nitrogen and oxygen atoms in total. The summed E-state index contributed by atoms with van der Waals surface area (Å²) in [5.74, 6) is 0.261. The van der Waals surface area contributed by atoms with Gasteiger partial charge in [-0.05, 0) is 37.8 Å². The topological polar surface area (TPSA) is 54.3 Å². The van der Waals surface area contributed by atoms with Crippen LogP contribution in [0.25, 0.3) is 0 Å². The van der Waals surface area contributed by atoms with Gasteiger partial charge in [-0.3, -0.25) is 14.4 Å². The smallest absolute Gasteiger partial charge is 0.237 e. The average Bonchev–Trinajstić information content (AvgIpc) is 3.17. The Bertz CT molecular complexity index is 683. The van der Waals surface area contributed by atoms with Crippen molar-refractivity contribution in [3.05, 3.63) is 48.5 Å². The Hall–Kier alpha value is -2.21. The van der Waals surface area contributed by atoms with Crippen LogP contribution < -0.4 is 0 Å². The highest BCUT2D eigenvalue weighted by molar-refractivity contribution is 5.79. The van der Waals surface area contributed by atoms with Crippen LogP contribution in [0.3, 0.4) is 0 Å². The van der Waals surface area contributed by atoms with E-state index in [1.54, 1.807) is 12.7 Å². The number of aromatic nitrogens is 3. The van der Waals surface area contributed by atoms with Gasteiger partial charge in [-0.1, -0.05) is 30.3 Å². The minimum Gasteiger partial charge on any atom is -0.334 e. The molecule has 4 rings (SSSR count). The van der Waals surface area contributed by atoms with Crippen LogP contribution in [-0.4, -0.2) is 55.6 Å². The first-order valence-electron chi connectivity index (χ1n) is 9.19. The summed E-state index contributed by atoms with van der Waals surface area (Å²) in [5.41, 5.74) is 1.21. The Morgan fingerprint density at radius 3 is 2.76 bits per heavy atom. The summed E-state index contributed by atoms with van der Waals surface area (Å²) >= 11 is 0. The molecule has 1 aromatic heterocycles. The molecule has 2 aromatic rings. The van der Waals surface area contributed by atoms with E-state index in [2.05, 4.69) is 32.0 Å². The fourth-order valence-electron chi connectivity index (χ4n) is 3.70. The van der Waals surface area contributed by atoms with E-state index < -0.39 is 0 Å². The van der Waals surface area contributed by atoms with E-state index >= 15 is 0 Å². The van der Waals surface area contributed by atoms with Crippen molar-refractivity contribution >= 4 is 5.91 Å². The van der Waals surface area contributed by atoms with Crippen molar-refractivity contribution in [2.24, 2.45) is 0 Å². The van der Waals surface area contributed by atoms with Gasteiger partial charge < -0.3 is 4.90 Å². The Morgan fingerprint density at radius 1 is 1.20 bits per heavy atom. The van der Waals surface area contributed by atoms with Gasteiger partial charge in [0.15, 0.2) is 0 Å². The molecule has 0 radical (unpaired) electrons. The van der Waals surface area contributed by atoms with E-state index in [9.17, 15) is 4.79 Å². The lowest BCUT2D eigenvalue weighted by Crippen LogP contribution is -2.44. The summed E-state index contributed by atoms with van der Waals surface area (Å²) in [6.07, 6.45) is 7.87. The second-order valence-corrected chi connectivity index (χ2v) is 7.12. The number of hydrogen-bond acceptors (Lipinski definition) is 4. The van der Waals surface area contributed by atoms with Crippen molar-refractivity contribution in [2.75, 3.05) is 13.1 Å². The molecule has 6 heteroatoms. The summed E-state index contributed by atoms with van der Waals surface area (Å²) < 4.78 is 1.87. The van der Waals surface area contributed by atoms with Gasteiger partial charge in [0.05, 0.1) is 13.1 Å².